The number of aryl methyl sites for hydroxylation is 1. The molecule has 27 heavy (non-hydrogen) atoms. The first-order valence-corrected chi connectivity index (χ1v) is 9.30. The van der Waals surface area contributed by atoms with E-state index in [2.05, 4.69) is 15.2 Å². The smallest absolute Gasteiger partial charge is 0.140 e. The molecule has 4 rings (SSSR count). The van der Waals surface area contributed by atoms with Crippen molar-refractivity contribution in [1.82, 2.24) is 9.97 Å². The number of hydrogen-bond donors (Lipinski definition) is 1. The minimum Gasteiger partial charge on any atom is -0.377 e. The number of fused-ring (bicyclic) bond motifs is 1. The number of rotatable bonds is 5. The first-order chi connectivity index (χ1) is 13.1. The van der Waals surface area contributed by atoms with Gasteiger partial charge in [-0.3, -0.25) is 0 Å². The van der Waals surface area contributed by atoms with E-state index in [0.29, 0.717) is 0 Å². The van der Waals surface area contributed by atoms with Gasteiger partial charge in [-0.15, -0.1) is 0 Å². The molecule has 2 heterocycles. The number of benzene rings is 2. The first-order valence-electron chi connectivity index (χ1n) is 9.30. The van der Waals surface area contributed by atoms with Crippen LogP contribution >= 0.6 is 0 Å². The number of hydrogen-bond acceptors (Lipinski definition) is 5. The Bertz CT molecular complexity index is 945. The normalized spacial score (nSPS) is 16.9. The van der Waals surface area contributed by atoms with Gasteiger partial charge in [-0.05, 0) is 62.7 Å². The molecule has 5 nitrogen and oxygen atoms in total. The zero-order valence-electron chi connectivity index (χ0n) is 15.6. The van der Waals surface area contributed by atoms with E-state index >= 15 is 0 Å². The fourth-order valence-electron chi connectivity index (χ4n) is 3.54. The molecule has 0 spiro atoms. The van der Waals surface area contributed by atoms with Gasteiger partial charge in [0, 0.05) is 36.5 Å². The van der Waals surface area contributed by atoms with Crippen LogP contribution in [0.3, 0.4) is 0 Å². The molecule has 0 unspecified atom stereocenters. The summed E-state index contributed by atoms with van der Waals surface area (Å²) in [5, 5.41) is 4.32. The van der Waals surface area contributed by atoms with Gasteiger partial charge in [-0.1, -0.05) is 0 Å². The van der Waals surface area contributed by atoms with E-state index in [1.165, 1.54) is 12.1 Å². The summed E-state index contributed by atoms with van der Waals surface area (Å²) < 4.78 is 18.9. The Labute approximate surface area is 158 Å². The maximum Gasteiger partial charge on any atom is 0.140 e. The van der Waals surface area contributed by atoms with E-state index in [1.807, 2.05) is 32.0 Å². The van der Waals surface area contributed by atoms with Crippen LogP contribution in [0.2, 0.25) is 0 Å². The van der Waals surface area contributed by atoms with E-state index in [1.54, 1.807) is 12.1 Å². The summed E-state index contributed by atoms with van der Waals surface area (Å²) in [4.78, 5) is 11.6. The molecule has 1 atom stereocenters. The summed E-state index contributed by atoms with van der Waals surface area (Å²) in [7, 11) is 0. The standard InChI is InChI=1S/C21H23FN4O/c1-3-27-18-10-11-26(13-18)21-19-9-8-17(12-20(19)23-14(2)24-21)25-16-6-4-15(22)5-7-16/h4-9,12,18,25H,3,10-11,13H2,1-2H3/t18-/m0/s1. The minimum atomic E-state index is -0.247. The lowest BCUT2D eigenvalue weighted by Crippen LogP contribution is -2.24. The molecular weight excluding hydrogens is 343 g/mol. The van der Waals surface area contributed by atoms with Crippen LogP contribution < -0.4 is 10.2 Å². The summed E-state index contributed by atoms with van der Waals surface area (Å²) in [6.45, 7) is 6.48. The Morgan fingerprint density at radius 1 is 1.15 bits per heavy atom. The first kappa shape index (κ1) is 17.7. The summed E-state index contributed by atoms with van der Waals surface area (Å²) in [5.74, 6) is 1.47. The van der Waals surface area contributed by atoms with Crippen molar-refractivity contribution in [3.63, 3.8) is 0 Å². The van der Waals surface area contributed by atoms with Crippen molar-refractivity contribution in [2.24, 2.45) is 0 Å². The van der Waals surface area contributed by atoms with E-state index in [9.17, 15) is 4.39 Å². The van der Waals surface area contributed by atoms with Crippen molar-refractivity contribution in [2.75, 3.05) is 29.9 Å². The van der Waals surface area contributed by atoms with Gasteiger partial charge in [0.15, 0.2) is 0 Å². The predicted octanol–water partition coefficient (Wildman–Crippen LogP) is 4.44. The second-order valence-corrected chi connectivity index (χ2v) is 6.77. The van der Waals surface area contributed by atoms with Crippen molar-refractivity contribution in [1.29, 1.82) is 0 Å². The molecule has 140 valence electrons. The third kappa shape index (κ3) is 3.85. The predicted molar refractivity (Wildman–Crippen MR) is 106 cm³/mol. The van der Waals surface area contributed by atoms with Crippen LogP contribution in [0.1, 0.15) is 19.2 Å². The fourth-order valence-corrected chi connectivity index (χ4v) is 3.54. The lowest BCUT2D eigenvalue weighted by atomic mass is 10.2. The zero-order chi connectivity index (χ0) is 18.8. The van der Waals surface area contributed by atoms with Crippen molar-refractivity contribution in [2.45, 2.75) is 26.4 Å². The van der Waals surface area contributed by atoms with Crippen LogP contribution in [-0.4, -0.2) is 35.8 Å². The van der Waals surface area contributed by atoms with Crippen LogP contribution in [-0.2, 0) is 4.74 Å². The molecule has 1 aliphatic heterocycles. The second kappa shape index (κ2) is 7.48. The Balaban J connectivity index is 1.63. The minimum absolute atomic E-state index is 0.247. The van der Waals surface area contributed by atoms with Gasteiger partial charge in [0.25, 0.3) is 0 Å². The molecule has 1 aromatic heterocycles. The number of nitrogens with zero attached hydrogens (tertiary/aromatic N) is 3. The maximum atomic E-state index is 13.1. The van der Waals surface area contributed by atoms with Crippen LogP contribution in [0.25, 0.3) is 10.9 Å². The van der Waals surface area contributed by atoms with E-state index in [4.69, 9.17) is 9.72 Å². The monoisotopic (exact) mass is 366 g/mol. The molecule has 0 bridgehead atoms. The van der Waals surface area contributed by atoms with Gasteiger partial charge in [-0.25, -0.2) is 14.4 Å². The summed E-state index contributed by atoms with van der Waals surface area (Å²) in [6.07, 6.45) is 1.28. The largest absolute Gasteiger partial charge is 0.377 e. The third-order valence-electron chi connectivity index (χ3n) is 4.77. The number of nitrogens with one attached hydrogen (secondary N) is 1. The molecule has 6 heteroatoms. The van der Waals surface area contributed by atoms with Gasteiger partial charge >= 0.3 is 0 Å². The highest BCUT2D eigenvalue weighted by molar-refractivity contribution is 5.92. The summed E-state index contributed by atoms with van der Waals surface area (Å²) in [5.41, 5.74) is 2.64. The Kier molecular flexibility index (Phi) is 4.90. The third-order valence-corrected chi connectivity index (χ3v) is 4.77. The molecule has 1 N–H and O–H groups in total. The maximum absolute atomic E-state index is 13.1. The van der Waals surface area contributed by atoms with Gasteiger partial charge in [0.1, 0.15) is 17.5 Å². The van der Waals surface area contributed by atoms with E-state index < -0.39 is 0 Å². The highest BCUT2D eigenvalue weighted by Gasteiger charge is 2.25. The molecule has 1 fully saturated rings. The SMILES string of the molecule is CCO[C@H]1CCN(c2nc(C)nc3cc(Nc4ccc(F)cc4)ccc23)C1. The van der Waals surface area contributed by atoms with Crippen molar-refractivity contribution >= 4 is 28.1 Å². The lowest BCUT2D eigenvalue weighted by Gasteiger charge is -2.20. The van der Waals surface area contributed by atoms with Gasteiger partial charge in [0.05, 0.1) is 11.6 Å². The number of anilines is 3. The quantitative estimate of drug-likeness (QED) is 0.724. The van der Waals surface area contributed by atoms with E-state index in [-0.39, 0.29) is 11.9 Å². The molecule has 0 amide bonds. The highest BCUT2D eigenvalue weighted by atomic mass is 19.1. The highest BCUT2D eigenvalue weighted by Crippen LogP contribution is 2.30. The second-order valence-electron chi connectivity index (χ2n) is 6.77. The molecule has 0 saturated carbocycles. The topological polar surface area (TPSA) is 50.3 Å². The molecule has 2 aromatic carbocycles. The lowest BCUT2D eigenvalue weighted by molar-refractivity contribution is 0.0787. The molecule has 0 aliphatic carbocycles. The van der Waals surface area contributed by atoms with Gasteiger partial charge in [-0.2, -0.15) is 0 Å². The molecular formula is C21H23FN4O. The zero-order valence-corrected chi connectivity index (χ0v) is 15.6. The molecule has 1 saturated heterocycles. The van der Waals surface area contributed by atoms with Crippen molar-refractivity contribution in [3.8, 4) is 0 Å². The van der Waals surface area contributed by atoms with Crippen molar-refractivity contribution in [3.05, 3.63) is 54.1 Å². The average molecular weight is 366 g/mol. The van der Waals surface area contributed by atoms with Crippen LogP contribution in [0.4, 0.5) is 21.6 Å². The van der Waals surface area contributed by atoms with Crippen LogP contribution in [0, 0.1) is 12.7 Å². The fraction of sp³-hybridized carbons (Fsp3) is 0.333. The Hall–Kier alpha value is -2.73. The van der Waals surface area contributed by atoms with Crippen LogP contribution in [0.15, 0.2) is 42.5 Å². The van der Waals surface area contributed by atoms with Crippen molar-refractivity contribution < 1.29 is 9.13 Å². The summed E-state index contributed by atoms with van der Waals surface area (Å²) >= 11 is 0. The number of halogens is 1. The van der Waals surface area contributed by atoms with E-state index in [0.717, 1.165) is 60.0 Å². The van der Waals surface area contributed by atoms with Gasteiger partial charge < -0.3 is 15.0 Å². The number of ether oxygens (including phenoxy) is 1. The molecule has 1 aliphatic rings. The molecule has 0 radical (unpaired) electrons. The average Bonchev–Trinajstić information content (AvgIpc) is 3.11. The molecule has 3 aromatic rings. The Morgan fingerprint density at radius 2 is 1.93 bits per heavy atom. The number of aromatic nitrogens is 2. The van der Waals surface area contributed by atoms with Gasteiger partial charge in [0.2, 0.25) is 0 Å². The Morgan fingerprint density at radius 3 is 2.70 bits per heavy atom. The summed E-state index contributed by atoms with van der Waals surface area (Å²) in [6, 6.07) is 12.4. The van der Waals surface area contributed by atoms with Crippen LogP contribution in [0.5, 0.6) is 0 Å².